The van der Waals surface area contributed by atoms with Crippen LogP contribution in [0.2, 0.25) is 0 Å². The lowest BCUT2D eigenvalue weighted by molar-refractivity contribution is 0.376. The molecule has 2 heteroatoms. The van der Waals surface area contributed by atoms with Crippen molar-refractivity contribution in [1.82, 2.24) is 4.90 Å². The number of allylic oxidation sites excluding steroid dienone is 3. The first kappa shape index (κ1) is 12.8. The van der Waals surface area contributed by atoms with Crippen LogP contribution in [0, 0.1) is 11.3 Å². The van der Waals surface area contributed by atoms with Crippen molar-refractivity contribution in [3.63, 3.8) is 0 Å². The molecule has 0 aromatic rings. The molecular weight excluding hydrogens is 172 g/mol. The van der Waals surface area contributed by atoms with Gasteiger partial charge in [0.1, 0.15) is 0 Å². The third-order valence-electron chi connectivity index (χ3n) is 1.84. The van der Waals surface area contributed by atoms with E-state index in [9.17, 15) is 0 Å². The Morgan fingerprint density at radius 2 is 1.86 bits per heavy atom. The Hall–Kier alpha value is -1.23. The van der Waals surface area contributed by atoms with Gasteiger partial charge in [-0.05, 0) is 38.1 Å². The molecule has 0 amide bonds. The van der Waals surface area contributed by atoms with Crippen molar-refractivity contribution in [2.24, 2.45) is 0 Å². The summed E-state index contributed by atoms with van der Waals surface area (Å²) in [5.74, 6) is 0. The molecule has 0 rings (SSSR count). The molecule has 0 bridgehead atoms. The molecule has 2 nitrogen and oxygen atoms in total. The molecule has 0 aliphatic carbocycles. The minimum Gasteiger partial charge on any atom is -0.377 e. The Labute approximate surface area is 87.5 Å². The fourth-order valence-corrected chi connectivity index (χ4v) is 1.18. The maximum absolute atomic E-state index is 8.54. The van der Waals surface area contributed by atoms with Gasteiger partial charge in [-0.2, -0.15) is 5.26 Å². The molecule has 14 heavy (non-hydrogen) atoms. The topological polar surface area (TPSA) is 27.0 Å². The van der Waals surface area contributed by atoms with E-state index >= 15 is 0 Å². The van der Waals surface area contributed by atoms with Gasteiger partial charge in [0.15, 0.2) is 0 Å². The standard InChI is InChI=1S/C12H20N2/c1-4-8-14(9-5-2)10-6-7-12(3)11-13/h6-7,10H,4-5,8-9H2,1-3H3/b10-6+,12-7+. The highest BCUT2D eigenvalue weighted by atomic mass is 15.1. The van der Waals surface area contributed by atoms with E-state index in [0.717, 1.165) is 31.5 Å². The zero-order valence-corrected chi connectivity index (χ0v) is 9.45. The van der Waals surface area contributed by atoms with Crippen LogP contribution in [0.25, 0.3) is 0 Å². The van der Waals surface area contributed by atoms with Crippen molar-refractivity contribution in [3.05, 3.63) is 23.9 Å². The molecule has 0 fully saturated rings. The zero-order chi connectivity index (χ0) is 10.8. The van der Waals surface area contributed by atoms with E-state index in [1.165, 1.54) is 0 Å². The van der Waals surface area contributed by atoms with Gasteiger partial charge in [0.25, 0.3) is 0 Å². The average molecular weight is 192 g/mol. The fourth-order valence-electron chi connectivity index (χ4n) is 1.18. The lowest BCUT2D eigenvalue weighted by Gasteiger charge is -2.17. The van der Waals surface area contributed by atoms with Gasteiger partial charge in [0.05, 0.1) is 6.07 Å². The Kier molecular flexibility index (Phi) is 7.64. The first-order chi connectivity index (χ1) is 6.74. The van der Waals surface area contributed by atoms with E-state index in [0.29, 0.717) is 0 Å². The molecule has 0 aromatic heterocycles. The van der Waals surface area contributed by atoms with Crippen LogP contribution in [0.4, 0.5) is 0 Å². The summed E-state index contributed by atoms with van der Waals surface area (Å²) in [6, 6.07) is 2.09. The normalized spacial score (nSPS) is 11.7. The van der Waals surface area contributed by atoms with Crippen molar-refractivity contribution in [2.45, 2.75) is 33.6 Å². The van der Waals surface area contributed by atoms with Gasteiger partial charge in [-0.3, -0.25) is 0 Å². The second kappa shape index (κ2) is 8.37. The summed E-state index contributed by atoms with van der Waals surface area (Å²) in [6.07, 6.45) is 8.17. The van der Waals surface area contributed by atoms with Crippen LogP contribution in [0.5, 0.6) is 0 Å². The smallest absolute Gasteiger partial charge is 0.0944 e. The maximum atomic E-state index is 8.54. The number of hydrogen-bond acceptors (Lipinski definition) is 2. The summed E-state index contributed by atoms with van der Waals surface area (Å²) in [6.45, 7) is 8.33. The fraction of sp³-hybridized carbons (Fsp3) is 0.583. The van der Waals surface area contributed by atoms with Gasteiger partial charge in [-0.15, -0.1) is 0 Å². The Bertz CT molecular complexity index is 227. The second-order valence-corrected chi connectivity index (χ2v) is 3.34. The molecule has 0 unspecified atom stereocenters. The average Bonchev–Trinajstić information content (AvgIpc) is 2.18. The van der Waals surface area contributed by atoms with Crippen molar-refractivity contribution in [3.8, 4) is 6.07 Å². The predicted molar refractivity (Wildman–Crippen MR) is 60.7 cm³/mol. The van der Waals surface area contributed by atoms with Crippen LogP contribution in [-0.2, 0) is 0 Å². The molecule has 0 saturated carbocycles. The molecule has 0 heterocycles. The third kappa shape index (κ3) is 6.30. The minimum absolute atomic E-state index is 0.745. The van der Waals surface area contributed by atoms with Crippen LogP contribution in [-0.4, -0.2) is 18.0 Å². The molecule has 78 valence electrons. The summed E-state index contributed by atoms with van der Waals surface area (Å²) in [5, 5.41) is 8.54. The van der Waals surface area contributed by atoms with Gasteiger partial charge >= 0.3 is 0 Å². The molecule has 0 N–H and O–H groups in total. The minimum atomic E-state index is 0.745. The monoisotopic (exact) mass is 192 g/mol. The number of nitrogens with zero attached hydrogens (tertiary/aromatic N) is 2. The molecule has 0 saturated heterocycles. The van der Waals surface area contributed by atoms with Crippen molar-refractivity contribution >= 4 is 0 Å². The molecule has 0 aliphatic rings. The summed E-state index contributed by atoms with van der Waals surface area (Å²) in [4.78, 5) is 2.28. The highest BCUT2D eigenvalue weighted by molar-refractivity contribution is 5.22. The quantitative estimate of drug-likeness (QED) is 0.477. The largest absolute Gasteiger partial charge is 0.377 e. The number of nitriles is 1. The maximum Gasteiger partial charge on any atom is 0.0944 e. The zero-order valence-electron chi connectivity index (χ0n) is 9.45. The first-order valence-electron chi connectivity index (χ1n) is 5.23. The van der Waals surface area contributed by atoms with Crippen LogP contribution >= 0.6 is 0 Å². The molecule has 0 aromatic carbocycles. The van der Waals surface area contributed by atoms with Crippen molar-refractivity contribution in [2.75, 3.05) is 13.1 Å². The summed E-state index contributed by atoms with van der Waals surface area (Å²) in [5.41, 5.74) is 0.745. The summed E-state index contributed by atoms with van der Waals surface area (Å²) >= 11 is 0. The predicted octanol–water partition coefficient (Wildman–Crippen LogP) is 3.09. The Morgan fingerprint density at radius 3 is 2.29 bits per heavy atom. The van der Waals surface area contributed by atoms with E-state index in [2.05, 4.69) is 31.0 Å². The van der Waals surface area contributed by atoms with Crippen LogP contribution in [0.1, 0.15) is 33.6 Å². The lowest BCUT2D eigenvalue weighted by atomic mass is 10.3. The summed E-state index contributed by atoms with van der Waals surface area (Å²) in [7, 11) is 0. The van der Waals surface area contributed by atoms with Crippen molar-refractivity contribution < 1.29 is 0 Å². The lowest BCUT2D eigenvalue weighted by Crippen LogP contribution is -2.18. The van der Waals surface area contributed by atoms with E-state index in [-0.39, 0.29) is 0 Å². The third-order valence-corrected chi connectivity index (χ3v) is 1.84. The molecule has 0 aliphatic heterocycles. The van der Waals surface area contributed by atoms with Crippen LogP contribution in [0.3, 0.4) is 0 Å². The second-order valence-electron chi connectivity index (χ2n) is 3.34. The summed E-state index contributed by atoms with van der Waals surface area (Å²) < 4.78 is 0. The van der Waals surface area contributed by atoms with E-state index in [1.54, 1.807) is 0 Å². The molecular formula is C12H20N2. The van der Waals surface area contributed by atoms with Gasteiger partial charge in [-0.1, -0.05) is 13.8 Å². The van der Waals surface area contributed by atoms with Gasteiger partial charge < -0.3 is 4.90 Å². The molecule has 0 radical (unpaired) electrons. The van der Waals surface area contributed by atoms with E-state index < -0.39 is 0 Å². The Morgan fingerprint density at radius 1 is 1.29 bits per heavy atom. The van der Waals surface area contributed by atoms with Gasteiger partial charge in [0.2, 0.25) is 0 Å². The molecule has 0 spiro atoms. The van der Waals surface area contributed by atoms with Crippen LogP contribution < -0.4 is 0 Å². The highest BCUT2D eigenvalue weighted by Crippen LogP contribution is 1.97. The van der Waals surface area contributed by atoms with Crippen molar-refractivity contribution in [1.29, 1.82) is 5.26 Å². The first-order valence-corrected chi connectivity index (χ1v) is 5.23. The number of rotatable bonds is 6. The SMILES string of the molecule is CCCN(/C=C/C=C(\C)C#N)CCC. The Balaban J connectivity index is 4.08. The van der Waals surface area contributed by atoms with Crippen LogP contribution in [0.15, 0.2) is 23.9 Å². The van der Waals surface area contributed by atoms with Gasteiger partial charge in [-0.25, -0.2) is 0 Å². The number of hydrogen-bond donors (Lipinski definition) is 0. The van der Waals surface area contributed by atoms with E-state index in [4.69, 9.17) is 5.26 Å². The van der Waals surface area contributed by atoms with E-state index in [1.807, 2.05) is 19.1 Å². The highest BCUT2D eigenvalue weighted by Gasteiger charge is 1.93. The van der Waals surface area contributed by atoms with Gasteiger partial charge in [0, 0.05) is 18.7 Å². The molecule has 0 atom stereocenters.